The molecule has 4 atom stereocenters. The van der Waals surface area contributed by atoms with Gasteiger partial charge in [0, 0.05) is 118 Å². The number of pyridine rings is 4. The average Bonchev–Trinajstić information content (AvgIpc) is 1.58. The molecule has 0 aliphatic carbocycles. The van der Waals surface area contributed by atoms with Crippen LogP contribution in [-0.4, -0.2) is 200 Å². The van der Waals surface area contributed by atoms with E-state index in [9.17, 15) is 72.6 Å². The molecule has 0 unspecified atom stereocenters. The van der Waals surface area contributed by atoms with Gasteiger partial charge in [0.15, 0.2) is 28.8 Å². The second-order valence-corrected chi connectivity index (χ2v) is 36.1. The standard InChI is InChI=1S/C23H23N5O4S.C20H23BN2O4S.C18H19F3N6O.C16H17N5O2.C9H12ClN3O2.C2H4F3N.CH4/c1-4-23(3,22(29)30)27-19-11-13-24-20(26-19)18-14-28(21-17(18)6-5-12-25-21)33(31,32)16-9-7-15(2)8-10-16;1-14-8-10-15(11-9-14)28(24,25)23-13-17(16-7-6-12-22-18(16)23)21-26-19(2,3)20(4,5)27-21;1-3-17(2,16(28)25-10-18(19,20)21)27-13-6-8-23-15(26-13)12-9-24-14-11(12)5-4-7-22-14;1-3-16(2,15(22)23)21-12-6-8-18-14(20-12)11-9-19-13-10(11)5-4-7-17-13;1-3-9(2,7(14)15)13-6-4-5-11-8(10)12-6;3-2(4,5)1-6;/h5-14H,4H2,1-3H3,(H,29,30)(H,24,26,27);6-13H,1-5H3;4-9H,3,10H2,1-2H3,(H,22,24)(H,25,28)(H,23,26,27);4-9H,3H2,1-2H3,(H,17,19)(H,22,23)(H,18,20,21);4-5H,3H2,1-2H3,(H,14,15)(H,11,12,13);1,6H2;1H4/t23-;;17-;16-;9-;;/m1.111../s1. The number of H-pyrrole nitrogens is 2. The van der Waals surface area contributed by atoms with E-state index >= 15 is 0 Å². The quantitative estimate of drug-likeness (QED) is 0.0144. The number of aryl methyl sites for hydroxylation is 2. The average molecular weight is 1910 g/mol. The van der Waals surface area contributed by atoms with Gasteiger partial charge in [-0.2, -0.15) is 26.3 Å². The lowest BCUT2D eigenvalue weighted by Gasteiger charge is -2.32. The van der Waals surface area contributed by atoms with E-state index in [-0.39, 0.29) is 40.4 Å². The first-order chi connectivity index (χ1) is 62.5. The number of amides is 1. The van der Waals surface area contributed by atoms with E-state index in [1.165, 1.54) is 41.9 Å². The van der Waals surface area contributed by atoms with Gasteiger partial charge in [0.05, 0.1) is 27.5 Å². The molecular formula is C89H102BClF6N22O13S2. The highest BCUT2D eigenvalue weighted by Crippen LogP contribution is 2.39. The van der Waals surface area contributed by atoms with E-state index in [2.05, 4.69) is 96.8 Å². The van der Waals surface area contributed by atoms with Gasteiger partial charge in [-0.05, 0) is 204 Å². The largest absolute Gasteiger partial charge is 0.497 e. The number of alkyl halides is 6. The smallest absolute Gasteiger partial charge is 0.480 e. The van der Waals surface area contributed by atoms with Crippen LogP contribution in [0.5, 0.6) is 0 Å². The number of nitrogens with two attached hydrogens (primary N) is 1. The molecule has 1 aliphatic rings. The van der Waals surface area contributed by atoms with Gasteiger partial charge in [-0.1, -0.05) is 70.5 Å². The molecule has 0 bridgehead atoms. The van der Waals surface area contributed by atoms with Crippen molar-refractivity contribution in [2.45, 2.75) is 186 Å². The Morgan fingerprint density at radius 3 is 1.16 bits per heavy atom. The lowest BCUT2D eigenvalue weighted by molar-refractivity contribution is -0.142. The van der Waals surface area contributed by atoms with Crippen molar-refractivity contribution in [3.8, 4) is 34.2 Å². The normalized spacial score (nSPS) is 14.6. The molecule has 0 spiro atoms. The highest BCUT2D eigenvalue weighted by molar-refractivity contribution is 7.90. The Labute approximate surface area is 773 Å². The maximum Gasteiger partial charge on any atom is 0.497 e. The number of carboxylic acids is 3. The van der Waals surface area contributed by atoms with Crippen molar-refractivity contribution in [3.05, 3.63) is 212 Å². The van der Waals surface area contributed by atoms with E-state index in [0.717, 1.165) is 42.6 Å². The Bertz CT molecular complexity index is 6720. The number of carboxylic acid groups (broad SMARTS) is 3. The predicted octanol–water partition coefficient (Wildman–Crippen LogP) is 15.5. The fourth-order valence-electron chi connectivity index (χ4n) is 12.5. The Balaban J connectivity index is 0.000000188. The number of aliphatic carboxylic acids is 3. The monoisotopic (exact) mass is 1910 g/mol. The summed E-state index contributed by atoms with van der Waals surface area (Å²) in [5, 5.41) is 44.6. The molecule has 134 heavy (non-hydrogen) atoms. The second kappa shape index (κ2) is 42.5. The van der Waals surface area contributed by atoms with Crippen molar-refractivity contribution in [3.63, 3.8) is 0 Å². The van der Waals surface area contributed by atoms with Gasteiger partial charge in [-0.15, -0.1) is 0 Å². The summed E-state index contributed by atoms with van der Waals surface area (Å²) in [5.74, 6) is -0.930. The van der Waals surface area contributed by atoms with E-state index in [4.69, 9.17) is 26.0 Å². The molecule has 0 saturated carbocycles. The van der Waals surface area contributed by atoms with Gasteiger partial charge in [0.1, 0.15) is 63.3 Å². The summed E-state index contributed by atoms with van der Waals surface area (Å²) in [6.07, 6.45) is 11.9. The van der Waals surface area contributed by atoms with E-state index in [0.29, 0.717) is 87.3 Å². The summed E-state index contributed by atoms with van der Waals surface area (Å²) < 4.78 is 137. The van der Waals surface area contributed by atoms with Crippen molar-refractivity contribution >= 4 is 135 Å². The molecule has 13 heterocycles. The number of anilines is 4. The Hall–Kier alpha value is -13.7. The molecule has 45 heteroatoms. The molecule has 15 rings (SSSR count). The minimum absolute atomic E-state index is 0. The third-order valence-corrected chi connectivity index (χ3v) is 25.5. The van der Waals surface area contributed by atoms with Crippen LogP contribution in [0.1, 0.15) is 127 Å². The number of fused-ring (bicyclic) bond motifs is 4. The molecule has 1 fully saturated rings. The molecule has 35 nitrogen and oxygen atoms in total. The summed E-state index contributed by atoms with van der Waals surface area (Å²) in [6, 6.07) is 34.2. The number of nitrogens with one attached hydrogen (secondary N) is 7. The van der Waals surface area contributed by atoms with Gasteiger partial charge in [-0.3, -0.25) is 4.79 Å². The van der Waals surface area contributed by atoms with Gasteiger partial charge in [0.25, 0.3) is 20.0 Å². The SMILES string of the molecule is C.CC[C@@](C)(Nc1ccnc(-c2c[nH]c3ncccc23)n1)C(=O)NCC(F)(F)F.CC[C@@](C)(Nc1ccnc(-c2c[nH]c3ncccc23)n1)C(=O)O.CC[C@@](C)(Nc1ccnc(-c2cn(S(=O)(=O)c3ccc(C)cc3)c3ncccc23)n1)C(=O)O.CC[C@@](C)(Nc1ccnc(Cl)n1)C(=O)O.Cc1ccc(S(=O)(=O)n2cc(B3OC(C)(C)C(C)(C)O3)c3cccnc32)cc1.NCC(F)(F)F. The zero-order valence-corrected chi connectivity index (χ0v) is 76.9. The number of nitrogens with zero attached hydrogens (tertiary/aromatic N) is 14. The first-order valence-corrected chi connectivity index (χ1v) is 44.4. The second-order valence-electron chi connectivity index (χ2n) is 32.2. The molecule has 14 aromatic rings. The first kappa shape index (κ1) is 104. The molecule has 2 aromatic carbocycles. The maximum absolute atomic E-state index is 13.4. The first-order valence-electron chi connectivity index (χ1n) is 41.2. The van der Waals surface area contributed by atoms with Gasteiger partial charge >= 0.3 is 37.4 Å². The number of benzene rings is 2. The highest BCUT2D eigenvalue weighted by Gasteiger charge is 2.53. The summed E-state index contributed by atoms with van der Waals surface area (Å²) >= 11 is 5.59. The van der Waals surface area contributed by atoms with Crippen molar-refractivity contribution < 1.29 is 87.0 Å². The molecule has 12 N–H and O–H groups in total. The lowest BCUT2D eigenvalue weighted by Crippen LogP contribution is -2.52. The van der Waals surface area contributed by atoms with E-state index in [1.807, 2.05) is 78.0 Å². The summed E-state index contributed by atoms with van der Waals surface area (Å²) in [4.78, 5) is 104. The fourth-order valence-corrected chi connectivity index (χ4v) is 15.3. The third-order valence-electron chi connectivity index (χ3n) is 22.0. The minimum atomic E-state index is -4.48. The van der Waals surface area contributed by atoms with Gasteiger partial charge in [-0.25, -0.2) is 99.0 Å². The number of halogens is 7. The topological polar surface area (TPSA) is 498 Å². The van der Waals surface area contributed by atoms with Crippen molar-refractivity contribution in [2.75, 3.05) is 34.4 Å². The zero-order valence-electron chi connectivity index (χ0n) is 74.5. The Morgan fingerprint density at radius 1 is 0.463 bits per heavy atom. The van der Waals surface area contributed by atoms with Crippen LogP contribution < -0.4 is 37.8 Å². The van der Waals surface area contributed by atoms with Crippen LogP contribution in [0.2, 0.25) is 5.28 Å². The third kappa shape index (κ3) is 24.8. The van der Waals surface area contributed by atoms with Crippen LogP contribution in [0.4, 0.5) is 49.6 Å². The summed E-state index contributed by atoms with van der Waals surface area (Å²) in [7, 11) is -8.40. The van der Waals surface area contributed by atoms with Crippen LogP contribution in [0.25, 0.3) is 78.3 Å². The molecule has 0 radical (unpaired) electrons. The van der Waals surface area contributed by atoms with Crippen molar-refractivity contribution in [1.82, 2.24) is 83.0 Å². The predicted molar refractivity (Wildman–Crippen MR) is 498 cm³/mol. The van der Waals surface area contributed by atoms with Crippen molar-refractivity contribution in [2.24, 2.45) is 5.73 Å². The van der Waals surface area contributed by atoms with Crippen LogP contribution in [-0.2, 0) is 48.5 Å². The zero-order chi connectivity index (χ0) is 97.6. The van der Waals surface area contributed by atoms with Gasteiger partial charge < -0.3 is 66.9 Å². The molecule has 1 aliphatic heterocycles. The Kier molecular flexibility index (Phi) is 33.0. The molecular weight excluding hydrogens is 1810 g/mol. The van der Waals surface area contributed by atoms with E-state index < -0.39 is 110 Å². The summed E-state index contributed by atoms with van der Waals surface area (Å²) in [6.45, 7) is 22.4. The number of carbonyl (C=O) groups is 4. The highest BCUT2D eigenvalue weighted by atomic mass is 35.5. The number of rotatable bonds is 25. The molecule has 710 valence electrons. The van der Waals surface area contributed by atoms with E-state index in [1.54, 1.807) is 182 Å². The van der Waals surface area contributed by atoms with Crippen LogP contribution in [0, 0.1) is 13.8 Å². The van der Waals surface area contributed by atoms with Gasteiger partial charge in [0.2, 0.25) is 11.2 Å². The summed E-state index contributed by atoms with van der Waals surface area (Å²) in [5.41, 5.74) is 5.19. The van der Waals surface area contributed by atoms with Crippen LogP contribution >= 0.6 is 11.6 Å². The molecule has 12 aromatic heterocycles. The molecule has 1 amide bonds. The fraction of sp³-hybridized carbons (Fsp3) is 0.326. The number of aromatic amines is 2. The lowest BCUT2D eigenvalue weighted by atomic mass is 9.79. The van der Waals surface area contributed by atoms with Crippen LogP contribution in [0.15, 0.2) is 205 Å². The minimum Gasteiger partial charge on any atom is -0.480 e. The Morgan fingerprint density at radius 2 is 0.799 bits per heavy atom. The number of hydrogen-bond donors (Lipinski definition) is 11. The molecule has 1 saturated heterocycles. The number of hydrogen-bond acceptors (Lipinski definition) is 27. The maximum atomic E-state index is 13.4. The van der Waals surface area contributed by atoms with Crippen LogP contribution in [0.3, 0.4) is 0 Å². The van der Waals surface area contributed by atoms with Crippen molar-refractivity contribution in [1.29, 1.82) is 0 Å². The number of carbonyl (C=O) groups excluding carboxylic acids is 1. The number of aromatic nitrogens is 16.